The van der Waals surface area contributed by atoms with Gasteiger partial charge in [-0.1, -0.05) is 6.07 Å². The van der Waals surface area contributed by atoms with Gasteiger partial charge in [-0.15, -0.1) is 24.0 Å². The number of hydrogen-bond donors (Lipinski definition) is 2. The van der Waals surface area contributed by atoms with Crippen molar-refractivity contribution in [3.05, 3.63) is 30.1 Å². The second-order valence-corrected chi connectivity index (χ2v) is 5.91. The Labute approximate surface area is 176 Å². The van der Waals surface area contributed by atoms with Crippen molar-refractivity contribution < 1.29 is 18.7 Å². The van der Waals surface area contributed by atoms with E-state index in [4.69, 9.17) is 9.47 Å². The van der Waals surface area contributed by atoms with E-state index in [9.17, 15) is 9.18 Å². The predicted molar refractivity (Wildman–Crippen MR) is 113 cm³/mol. The van der Waals surface area contributed by atoms with Crippen molar-refractivity contribution in [2.45, 2.75) is 25.8 Å². The summed E-state index contributed by atoms with van der Waals surface area (Å²) in [5.74, 6) is 0.866. The highest BCUT2D eigenvalue weighted by Crippen LogP contribution is 2.12. The molecule has 0 aromatic heterocycles. The first kappa shape index (κ1) is 23.3. The lowest BCUT2D eigenvalue weighted by Gasteiger charge is -2.32. The molecule has 0 atom stereocenters. The molecule has 0 aliphatic carbocycles. The molecule has 1 heterocycles. The van der Waals surface area contributed by atoms with E-state index in [0.29, 0.717) is 44.6 Å². The van der Waals surface area contributed by atoms with Gasteiger partial charge in [-0.25, -0.2) is 9.18 Å². The molecule has 2 rings (SSSR count). The molecular formula is C18H28FIN4O3. The summed E-state index contributed by atoms with van der Waals surface area (Å²) in [6.45, 7) is 4.46. The van der Waals surface area contributed by atoms with Gasteiger partial charge in [-0.05, 0) is 31.9 Å². The van der Waals surface area contributed by atoms with Crippen LogP contribution in [0.2, 0.25) is 0 Å². The SMILES string of the molecule is CCOC(=O)N1CCC(NC(=NC)NCCOc2cccc(F)c2)CC1.I. The highest BCUT2D eigenvalue weighted by atomic mass is 127. The van der Waals surface area contributed by atoms with Crippen LogP contribution in [0.5, 0.6) is 5.75 Å². The molecule has 27 heavy (non-hydrogen) atoms. The number of benzene rings is 1. The van der Waals surface area contributed by atoms with Crippen LogP contribution in [-0.4, -0.2) is 62.9 Å². The molecule has 1 fully saturated rings. The van der Waals surface area contributed by atoms with E-state index in [0.717, 1.165) is 12.8 Å². The van der Waals surface area contributed by atoms with Crippen LogP contribution in [0.25, 0.3) is 0 Å². The van der Waals surface area contributed by atoms with Crippen molar-refractivity contribution in [3.8, 4) is 5.75 Å². The van der Waals surface area contributed by atoms with E-state index in [1.807, 2.05) is 0 Å². The fourth-order valence-electron chi connectivity index (χ4n) is 2.70. The maximum absolute atomic E-state index is 13.1. The molecule has 1 amide bonds. The summed E-state index contributed by atoms with van der Waals surface area (Å²) in [6, 6.07) is 6.31. The molecule has 1 aromatic carbocycles. The fourth-order valence-corrected chi connectivity index (χ4v) is 2.70. The van der Waals surface area contributed by atoms with Gasteiger partial charge in [0, 0.05) is 32.2 Å². The number of hydrogen-bond acceptors (Lipinski definition) is 4. The molecule has 9 heteroatoms. The maximum atomic E-state index is 13.1. The molecule has 0 unspecified atom stereocenters. The number of aliphatic imine (C=N–C) groups is 1. The minimum absolute atomic E-state index is 0. The summed E-state index contributed by atoms with van der Waals surface area (Å²) in [7, 11) is 1.70. The number of guanidine groups is 1. The third-order valence-corrected chi connectivity index (χ3v) is 4.04. The number of carbonyl (C=O) groups is 1. The van der Waals surface area contributed by atoms with Gasteiger partial charge in [0.15, 0.2) is 5.96 Å². The van der Waals surface area contributed by atoms with Crippen LogP contribution in [0.3, 0.4) is 0 Å². The first-order chi connectivity index (χ1) is 12.6. The number of piperidine rings is 1. The van der Waals surface area contributed by atoms with Gasteiger partial charge in [0.05, 0.1) is 13.2 Å². The van der Waals surface area contributed by atoms with Crippen LogP contribution in [-0.2, 0) is 4.74 Å². The normalized spacial score (nSPS) is 14.9. The van der Waals surface area contributed by atoms with Gasteiger partial charge < -0.3 is 25.0 Å². The molecule has 152 valence electrons. The second kappa shape index (κ2) is 12.6. The Hall–Kier alpha value is -1.78. The van der Waals surface area contributed by atoms with E-state index in [1.165, 1.54) is 12.1 Å². The first-order valence-electron chi connectivity index (χ1n) is 8.89. The lowest BCUT2D eigenvalue weighted by atomic mass is 10.1. The number of rotatable bonds is 6. The zero-order chi connectivity index (χ0) is 18.8. The van der Waals surface area contributed by atoms with E-state index in [2.05, 4.69) is 15.6 Å². The van der Waals surface area contributed by atoms with Gasteiger partial charge in [0.2, 0.25) is 0 Å². The number of likely N-dealkylation sites (tertiary alicyclic amines) is 1. The lowest BCUT2D eigenvalue weighted by Crippen LogP contribution is -2.50. The van der Waals surface area contributed by atoms with Crippen LogP contribution in [0, 0.1) is 5.82 Å². The summed E-state index contributed by atoms with van der Waals surface area (Å²) >= 11 is 0. The van der Waals surface area contributed by atoms with Gasteiger partial charge in [0.25, 0.3) is 0 Å². The highest BCUT2D eigenvalue weighted by molar-refractivity contribution is 14.0. The summed E-state index contributed by atoms with van der Waals surface area (Å²) in [6.07, 6.45) is 1.42. The van der Waals surface area contributed by atoms with Crippen LogP contribution >= 0.6 is 24.0 Å². The van der Waals surface area contributed by atoms with E-state index < -0.39 is 0 Å². The number of halogens is 2. The van der Waals surface area contributed by atoms with Gasteiger partial charge in [-0.3, -0.25) is 4.99 Å². The molecule has 1 aliphatic heterocycles. The van der Waals surface area contributed by atoms with Crippen molar-refractivity contribution in [2.24, 2.45) is 4.99 Å². The lowest BCUT2D eigenvalue weighted by molar-refractivity contribution is 0.0963. The third kappa shape index (κ3) is 8.19. The summed E-state index contributed by atoms with van der Waals surface area (Å²) in [5.41, 5.74) is 0. The molecule has 1 saturated heterocycles. The molecular weight excluding hydrogens is 466 g/mol. The number of carbonyl (C=O) groups excluding carboxylic acids is 1. The van der Waals surface area contributed by atoms with E-state index in [-0.39, 0.29) is 41.9 Å². The van der Waals surface area contributed by atoms with E-state index >= 15 is 0 Å². The fraction of sp³-hybridized carbons (Fsp3) is 0.556. The smallest absolute Gasteiger partial charge is 0.409 e. The quantitative estimate of drug-likeness (QED) is 0.275. The minimum atomic E-state index is -0.318. The standard InChI is InChI=1S/C18H27FN4O3.HI/c1-3-25-18(24)23-10-7-15(8-11-23)22-17(20-2)21-9-12-26-16-6-4-5-14(19)13-16;/h4-6,13,15H,3,7-12H2,1-2H3,(H2,20,21,22);1H. The summed E-state index contributed by atoms with van der Waals surface area (Å²) in [5, 5.41) is 6.52. The van der Waals surface area contributed by atoms with Gasteiger partial charge in [-0.2, -0.15) is 0 Å². The average Bonchev–Trinajstić information content (AvgIpc) is 2.65. The van der Waals surface area contributed by atoms with Gasteiger partial charge >= 0.3 is 6.09 Å². The Kier molecular flexibility index (Phi) is 10.8. The molecule has 7 nitrogen and oxygen atoms in total. The Morgan fingerprint density at radius 3 is 2.74 bits per heavy atom. The third-order valence-electron chi connectivity index (χ3n) is 4.04. The van der Waals surface area contributed by atoms with Crippen molar-refractivity contribution >= 4 is 36.0 Å². The van der Waals surface area contributed by atoms with Crippen LogP contribution in [0.15, 0.2) is 29.3 Å². The van der Waals surface area contributed by atoms with Crippen molar-refractivity contribution in [2.75, 3.05) is 39.9 Å². The molecule has 1 aromatic rings. The Morgan fingerprint density at radius 2 is 2.11 bits per heavy atom. The number of nitrogens with zero attached hydrogens (tertiary/aromatic N) is 2. The molecule has 0 radical (unpaired) electrons. The zero-order valence-electron chi connectivity index (χ0n) is 15.7. The summed E-state index contributed by atoms with van der Waals surface area (Å²) < 4.78 is 23.6. The van der Waals surface area contributed by atoms with Crippen LogP contribution in [0.1, 0.15) is 19.8 Å². The van der Waals surface area contributed by atoms with E-state index in [1.54, 1.807) is 31.0 Å². The minimum Gasteiger partial charge on any atom is -0.492 e. The average molecular weight is 494 g/mol. The molecule has 0 spiro atoms. The largest absolute Gasteiger partial charge is 0.492 e. The predicted octanol–water partition coefficient (Wildman–Crippen LogP) is 2.61. The van der Waals surface area contributed by atoms with Crippen molar-refractivity contribution in [3.63, 3.8) is 0 Å². The van der Waals surface area contributed by atoms with Crippen LogP contribution < -0.4 is 15.4 Å². The monoisotopic (exact) mass is 494 g/mol. The highest BCUT2D eigenvalue weighted by Gasteiger charge is 2.23. The molecule has 2 N–H and O–H groups in total. The Balaban J connectivity index is 0.00000364. The topological polar surface area (TPSA) is 75.2 Å². The molecule has 0 bridgehead atoms. The summed E-state index contributed by atoms with van der Waals surface area (Å²) in [4.78, 5) is 17.6. The first-order valence-corrected chi connectivity index (χ1v) is 8.89. The maximum Gasteiger partial charge on any atom is 0.409 e. The number of ether oxygens (including phenoxy) is 2. The second-order valence-electron chi connectivity index (χ2n) is 5.91. The zero-order valence-corrected chi connectivity index (χ0v) is 18.1. The van der Waals surface area contributed by atoms with Crippen LogP contribution in [0.4, 0.5) is 9.18 Å². The molecule has 0 saturated carbocycles. The number of amides is 1. The molecule has 1 aliphatic rings. The number of nitrogens with one attached hydrogen (secondary N) is 2. The van der Waals surface area contributed by atoms with Crippen molar-refractivity contribution in [1.29, 1.82) is 0 Å². The Bertz CT molecular complexity index is 610. The van der Waals surface area contributed by atoms with Gasteiger partial charge in [0.1, 0.15) is 18.2 Å². The van der Waals surface area contributed by atoms with Crippen molar-refractivity contribution in [1.82, 2.24) is 15.5 Å². The Morgan fingerprint density at radius 1 is 1.37 bits per heavy atom.